The Labute approximate surface area is 89.8 Å². The number of hydrogen-bond acceptors (Lipinski definition) is 3. The lowest BCUT2D eigenvalue weighted by Gasteiger charge is -2.25. The van der Waals surface area contributed by atoms with E-state index in [-0.39, 0.29) is 0 Å². The van der Waals surface area contributed by atoms with Crippen molar-refractivity contribution in [3.8, 4) is 0 Å². The maximum absolute atomic E-state index is 3.72. The molecule has 2 aliphatic heterocycles. The van der Waals surface area contributed by atoms with Crippen LogP contribution in [0.2, 0.25) is 0 Å². The van der Waals surface area contributed by atoms with Gasteiger partial charge in [0.05, 0.1) is 0 Å². The van der Waals surface area contributed by atoms with Crippen molar-refractivity contribution >= 4 is 23.5 Å². The van der Waals surface area contributed by atoms with Gasteiger partial charge in [0, 0.05) is 23.1 Å². The van der Waals surface area contributed by atoms with Crippen molar-refractivity contribution in [2.75, 3.05) is 23.8 Å². The Hall–Kier alpha value is 0.660. The Kier molecular flexibility index (Phi) is 3.49. The topological polar surface area (TPSA) is 12.0 Å². The molecule has 0 bridgehead atoms. The second kappa shape index (κ2) is 4.45. The maximum Gasteiger partial charge on any atom is 0.0256 e. The molecular formula is C10H19NS2. The van der Waals surface area contributed by atoms with Gasteiger partial charge in [0.25, 0.3) is 0 Å². The number of hydrogen-bond donors (Lipinski definition) is 1. The van der Waals surface area contributed by atoms with Crippen LogP contribution in [-0.2, 0) is 0 Å². The molecule has 0 amide bonds. The fourth-order valence-corrected chi connectivity index (χ4v) is 4.47. The van der Waals surface area contributed by atoms with E-state index < -0.39 is 0 Å². The summed E-state index contributed by atoms with van der Waals surface area (Å²) in [4.78, 5) is 0. The summed E-state index contributed by atoms with van der Waals surface area (Å²) in [5, 5.41) is 3.72. The zero-order chi connectivity index (χ0) is 9.15. The van der Waals surface area contributed by atoms with Crippen molar-refractivity contribution in [1.29, 1.82) is 0 Å². The molecule has 0 saturated carbocycles. The largest absolute Gasteiger partial charge is 0.312 e. The number of thioether (sulfide) groups is 2. The highest BCUT2D eigenvalue weighted by atomic mass is 32.2. The third-order valence-electron chi connectivity index (χ3n) is 2.99. The highest BCUT2D eigenvalue weighted by Gasteiger charge is 2.30. The van der Waals surface area contributed by atoms with Crippen LogP contribution in [-0.4, -0.2) is 34.6 Å². The minimum Gasteiger partial charge on any atom is -0.312 e. The molecule has 1 N–H and O–H groups in total. The van der Waals surface area contributed by atoms with Crippen molar-refractivity contribution < 1.29 is 0 Å². The minimum atomic E-state index is 0.549. The van der Waals surface area contributed by atoms with Gasteiger partial charge < -0.3 is 5.32 Å². The van der Waals surface area contributed by atoms with Crippen LogP contribution >= 0.6 is 23.5 Å². The van der Waals surface area contributed by atoms with E-state index in [0.29, 0.717) is 4.75 Å². The average molecular weight is 217 g/mol. The van der Waals surface area contributed by atoms with Gasteiger partial charge in [-0.05, 0) is 37.7 Å². The molecule has 2 fully saturated rings. The monoisotopic (exact) mass is 217 g/mol. The summed E-state index contributed by atoms with van der Waals surface area (Å²) in [6.07, 6.45) is 4.21. The summed E-state index contributed by atoms with van der Waals surface area (Å²) in [6, 6.07) is 0.808. The second-order valence-corrected chi connectivity index (χ2v) is 7.18. The van der Waals surface area contributed by atoms with E-state index in [1.165, 1.54) is 43.1 Å². The third kappa shape index (κ3) is 2.80. The first-order chi connectivity index (χ1) is 6.29. The van der Waals surface area contributed by atoms with Gasteiger partial charge in [-0.25, -0.2) is 0 Å². The Morgan fingerprint density at radius 1 is 1.46 bits per heavy atom. The predicted octanol–water partition coefficient (Wildman–Crippen LogP) is 2.37. The lowest BCUT2D eigenvalue weighted by Crippen LogP contribution is -2.39. The van der Waals surface area contributed by atoms with Crippen LogP contribution in [0.5, 0.6) is 0 Å². The molecule has 0 aromatic carbocycles. The number of rotatable bonds is 3. The molecule has 0 aliphatic carbocycles. The molecule has 2 rings (SSSR count). The predicted molar refractivity (Wildman–Crippen MR) is 63.8 cm³/mol. The summed E-state index contributed by atoms with van der Waals surface area (Å²) in [5.74, 6) is 4.07. The van der Waals surface area contributed by atoms with Crippen molar-refractivity contribution in [3.63, 3.8) is 0 Å². The van der Waals surface area contributed by atoms with Gasteiger partial charge in [0.2, 0.25) is 0 Å². The Bertz CT molecular complexity index is 160. The SMILES string of the molecule is CC1(CNC2CCSC2)CCCS1. The van der Waals surface area contributed by atoms with E-state index in [1.807, 2.05) is 0 Å². The summed E-state index contributed by atoms with van der Waals surface area (Å²) >= 11 is 4.25. The maximum atomic E-state index is 3.72. The molecule has 0 spiro atoms. The third-order valence-corrected chi connectivity index (χ3v) is 5.70. The van der Waals surface area contributed by atoms with Crippen LogP contribution in [0.4, 0.5) is 0 Å². The second-order valence-electron chi connectivity index (χ2n) is 4.34. The van der Waals surface area contributed by atoms with Gasteiger partial charge >= 0.3 is 0 Å². The van der Waals surface area contributed by atoms with E-state index in [1.54, 1.807) is 0 Å². The lowest BCUT2D eigenvalue weighted by atomic mass is 10.1. The van der Waals surface area contributed by atoms with Gasteiger partial charge in [0.1, 0.15) is 0 Å². The van der Waals surface area contributed by atoms with Crippen LogP contribution in [0.25, 0.3) is 0 Å². The van der Waals surface area contributed by atoms with Gasteiger partial charge in [-0.2, -0.15) is 23.5 Å². The molecule has 1 nitrogen and oxygen atoms in total. The first-order valence-corrected chi connectivity index (χ1v) is 7.38. The fourth-order valence-electron chi connectivity index (χ4n) is 2.03. The van der Waals surface area contributed by atoms with Crippen LogP contribution in [0.1, 0.15) is 26.2 Å². The number of nitrogens with one attached hydrogen (secondary N) is 1. The van der Waals surface area contributed by atoms with Gasteiger partial charge in [-0.15, -0.1) is 0 Å². The highest BCUT2D eigenvalue weighted by molar-refractivity contribution is 8.00. The van der Waals surface area contributed by atoms with Crippen molar-refractivity contribution in [3.05, 3.63) is 0 Å². The molecule has 76 valence electrons. The van der Waals surface area contributed by atoms with E-state index in [0.717, 1.165) is 6.04 Å². The van der Waals surface area contributed by atoms with Gasteiger partial charge in [0.15, 0.2) is 0 Å². The van der Waals surface area contributed by atoms with E-state index in [4.69, 9.17) is 0 Å². The van der Waals surface area contributed by atoms with Crippen molar-refractivity contribution in [2.24, 2.45) is 0 Å². The fraction of sp³-hybridized carbons (Fsp3) is 1.00. The summed E-state index contributed by atoms with van der Waals surface area (Å²) < 4.78 is 0.549. The normalized spacial score (nSPS) is 39.9. The van der Waals surface area contributed by atoms with E-state index >= 15 is 0 Å². The van der Waals surface area contributed by atoms with Crippen LogP contribution in [0.15, 0.2) is 0 Å². The van der Waals surface area contributed by atoms with Gasteiger partial charge in [-0.3, -0.25) is 0 Å². The van der Waals surface area contributed by atoms with Crippen LogP contribution in [0.3, 0.4) is 0 Å². The zero-order valence-corrected chi connectivity index (χ0v) is 9.98. The van der Waals surface area contributed by atoms with E-state index in [9.17, 15) is 0 Å². The first kappa shape index (κ1) is 10.2. The molecule has 2 saturated heterocycles. The molecule has 2 heterocycles. The Balaban J connectivity index is 1.71. The molecule has 2 aliphatic rings. The smallest absolute Gasteiger partial charge is 0.0256 e. The Morgan fingerprint density at radius 2 is 2.38 bits per heavy atom. The first-order valence-electron chi connectivity index (χ1n) is 5.24. The molecule has 0 aromatic heterocycles. The van der Waals surface area contributed by atoms with E-state index in [2.05, 4.69) is 35.8 Å². The standard InChI is InChI=1S/C10H19NS2/c1-10(4-2-5-13-10)8-11-9-3-6-12-7-9/h9,11H,2-8H2,1H3. The molecule has 3 heteroatoms. The molecule has 2 unspecified atom stereocenters. The lowest BCUT2D eigenvalue weighted by molar-refractivity contribution is 0.484. The molecule has 0 radical (unpaired) electrons. The summed E-state index contributed by atoms with van der Waals surface area (Å²) in [6.45, 7) is 3.64. The highest BCUT2D eigenvalue weighted by Crippen LogP contribution is 2.37. The Morgan fingerprint density at radius 3 is 3.00 bits per heavy atom. The zero-order valence-electron chi connectivity index (χ0n) is 8.34. The van der Waals surface area contributed by atoms with Crippen molar-refractivity contribution in [1.82, 2.24) is 5.32 Å². The summed E-state index contributed by atoms with van der Waals surface area (Å²) in [7, 11) is 0. The molecule has 13 heavy (non-hydrogen) atoms. The van der Waals surface area contributed by atoms with Crippen LogP contribution < -0.4 is 5.32 Å². The molecular weight excluding hydrogens is 198 g/mol. The molecule has 2 atom stereocenters. The quantitative estimate of drug-likeness (QED) is 0.779. The van der Waals surface area contributed by atoms with Gasteiger partial charge in [-0.1, -0.05) is 0 Å². The molecule has 0 aromatic rings. The minimum absolute atomic E-state index is 0.549. The van der Waals surface area contributed by atoms with Crippen molar-refractivity contribution in [2.45, 2.75) is 37.0 Å². The van der Waals surface area contributed by atoms with Crippen LogP contribution in [0, 0.1) is 0 Å². The summed E-state index contributed by atoms with van der Waals surface area (Å²) in [5.41, 5.74) is 0. The average Bonchev–Trinajstić information content (AvgIpc) is 2.72.